The quantitative estimate of drug-likeness (QED) is 0.646. The van der Waals surface area contributed by atoms with Gasteiger partial charge in [0.15, 0.2) is 0 Å². The number of carbonyl (C=O) groups is 2. The van der Waals surface area contributed by atoms with Crippen molar-refractivity contribution in [2.45, 2.75) is 6.42 Å². The number of aromatic nitrogens is 1. The third-order valence-electron chi connectivity index (χ3n) is 5.39. The van der Waals surface area contributed by atoms with Gasteiger partial charge in [-0.3, -0.25) is 14.7 Å². The van der Waals surface area contributed by atoms with Crippen LogP contribution < -0.4 is 10.1 Å². The Bertz CT molecular complexity index is 1020. The minimum absolute atomic E-state index is 0.184. The van der Waals surface area contributed by atoms with E-state index in [0.29, 0.717) is 30.1 Å². The van der Waals surface area contributed by atoms with Crippen molar-refractivity contribution in [2.75, 3.05) is 38.0 Å². The van der Waals surface area contributed by atoms with Gasteiger partial charge in [-0.25, -0.2) is 4.79 Å². The summed E-state index contributed by atoms with van der Waals surface area (Å²) >= 11 is 0. The van der Waals surface area contributed by atoms with Crippen molar-refractivity contribution >= 4 is 17.7 Å². The van der Waals surface area contributed by atoms with Crippen molar-refractivity contribution < 1.29 is 14.3 Å². The largest absolute Gasteiger partial charge is 0.415 e. The monoisotopic (exact) mass is 430 g/mol. The maximum atomic E-state index is 12.5. The van der Waals surface area contributed by atoms with E-state index < -0.39 is 0 Å². The lowest BCUT2D eigenvalue weighted by molar-refractivity contribution is 0.102. The number of nitrogens with one attached hydrogen (secondary N) is 1. The van der Waals surface area contributed by atoms with E-state index in [1.807, 2.05) is 42.6 Å². The minimum atomic E-state index is -0.351. The summed E-state index contributed by atoms with van der Waals surface area (Å²) in [6, 6.07) is 21.8. The Labute approximate surface area is 187 Å². The van der Waals surface area contributed by atoms with Crippen LogP contribution in [-0.2, 0) is 6.42 Å². The molecular weight excluding hydrogens is 404 g/mol. The second-order valence-electron chi connectivity index (χ2n) is 7.61. The summed E-state index contributed by atoms with van der Waals surface area (Å²) in [5, 5.41) is 2.83. The summed E-state index contributed by atoms with van der Waals surface area (Å²) in [5.74, 6) is 0.265. The van der Waals surface area contributed by atoms with Gasteiger partial charge in [-0.15, -0.1) is 0 Å². The van der Waals surface area contributed by atoms with Gasteiger partial charge in [0.2, 0.25) is 0 Å². The Morgan fingerprint density at radius 1 is 0.875 bits per heavy atom. The first-order valence-electron chi connectivity index (χ1n) is 10.7. The summed E-state index contributed by atoms with van der Waals surface area (Å²) in [6.07, 6.45) is 2.36. The number of hydrogen-bond acceptors (Lipinski definition) is 5. The van der Waals surface area contributed by atoms with E-state index in [9.17, 15) is 9.59 Å². The molecule has 0 spiro atoms. The molecule has 7 nitrogen and oxygen atoms in total. The lowest BCUT2D eigenvalue weighted by atomic mass is 10.2. The summed E-state index contributed by atoms with van der Waals surface area (Å²) < 4.78 is 5.51. The fraction of sp³-hybridized carbons (Fsp3) is 0.240. The van der Waals surface area contributed by atoms with Crippen molar-refractivity contribution in [3.63, 3.8) is 0 Å². The molecule has 0 saturated carbocycles. The van der Waals surface area contributed by atoms with Crippen molar-refractivity contribution in [1.29, 1.82) is 0 Å². The number of rotatable bonds is 6. The zero-order chi connectivity index (χ0) is 22.2. The smallest absolute Gasteiger partial charge is 0.410 e. The second-order valence-corrected chi connectivity index (χ2v) is 7.61. The Morgan fingerprint density at radius 3 is 2.28 bits per heavy atom. The summed E-state index contributed by atoms with van der Waals surface area (Å²) in [4.78, 5) is 33.1. The van der Waals surface area contributed by atoms with Crippen LogP contribution in [0.15, 0.2) is 79.0 Å². The van der Waals surface area contributed by atoms with Gasteiger partial charge >= 0.3 is 6.09 Å². The van der Waals surface area contributed by atoms with E-state index in [0.717, 1.165) is 31.7 Å². The zero-order valence-corrected chi connectivity index (χ0v) is 17.8. The maximum absolute atomic E-state index is 12.5. The lowest BCUT2D eigenvalue weighted by Gasteiger charge is -2.33. The Kier molecular flexibility index (Phi) is 7.09. The maximum Gasteiger partial charge on any atom is 0.415 e. The number of hydrogen-bond donors (Lipinski definition) is 1. The molecular formula is C25H26N4O3. The van der Waals surface area contributed by atoms with E-state index in [1.54, 1.807) is 41.3 Å². The molecule has 1 aliphatic heterocycles. The number of pyridine rings is 1. The number of nitrogens with zero attached hydrogens (tertiary/aromatic N) is 3. The fourth-order valence-electron chi connectivity index (χ4n) is 3.54. The molecule has 0 bridgehead atoms. The Hall–Kier alpha value is -3.71. The molecule has 1 fully saturated rings. The molecule has 32 heavy (non-hydrogen) atoms. The highest BCUT2D eigenvalue weighted by Gasteiger charge is 2.22. The molecule has 7 heteroatoms. The Balaban J connectivity index is 1.21. The van der Waals surface area contributed by atoms with Crippen LogP contribution in [0.1, 0.15) is 16.1 Å². The SMILES string of the molecule is O=C(Nc1ccc(OC(=O)N2CCN(CCc3ccccn3)CC2)cc1)c1ccccc1. The average molecular weight is 431 g/mol. The first-order chi connectivity index (χ1) is 15.7. The molecule has 1 aliphatic rings. The molecule has 1 N–H and O–H groups in total. The minimum Gasteiger partial charge on any atom is -0.410 e. The molecule has 2 aromatic carbocycles. The third-order valence-corrected chi connectivity index (χ3v) is 5.39. The zero-order valence-electron chi connectivity index (χ0n) is 17.8. The van der Waals surface area contributed by atoms with Crippen LogP contribution in [0, 0.1) is 0 Å². The molecule has 0 aliphatic carbocycles. The van der Waals surface area contributed by atoms with E-state index in [1.165, 1.54) is 0 Å². The molecule has 4 rings (SSSR count). The topological polar surface area (TPSA) is 74.8 Å². The number of benzene rings is 2. The molecule has 2 amide bonds. The molecule has 0 unspecified atom stereocenters. The van der Waals surface area contributed by atoms with E-state index in [4.69, 9.17) is 4.74 Å². The molecule has 0 atom stereocenters. The van der Waals surface area contributed by atoms with E-state index >= 15 is 0 Å². The van der Waals surface area contributed by atoms with Gasteiger partial charge < -0.3 is 15.0 Å². The standard InChI is InChI=1S/C25H26N4O3/c30-24(20-6-2-1-3-7-20)27-22-9-11-23(12-10-22)32-25(31)29-18-16-28(17-19-29)15-13-21-8-4-5-14-26-21/h1-12,14H,13,15-19H2,(H,27,30). The van der Waals surface area contributed by atoms with Crippen molar-refractivity contribution in [1.82, 2.24) is 14.8 Å². The predicted octanol–water partition coefficient (Wildman–Crippen LogP) is 3.69. The summed E-state index contributed by atoms with van der Waals surface area (Å²) in [6.45, 7) is 3.81. The van der Waals surface area contributed by atoms with Crippen LogP contribution in [0.3, 0.4) is 0 Å². The molecule has 2 heterocycles. The molecule has 1 aromatic heterocycles. The van der Waals surface area contributed by atoms with Crippen LogP contribution in [0.2, 0.25) is 0 Å². The predicted molar refractivity (Wildman–Crippen MR) is 123 cm³/mol. The summed E-state index contributed by atoms with van der Waals surface area (Å²) in [5.41, 5.74) is 2.31. The number of piperazine rings is 1. The average Bonchev–Trinajstić information content (AvgIpc) is 2.85. The van der Waals surface area contributed by atoms with Crippen LogP contribution in [0.4, 0.5) is 10.5 Å². The molecule has 164 valence electrons. The fourth-order valence-corrected chi connectivity index (χ4v) is 3.54. The van der Waals surface area contributed by atoms with Crippen molar-refractivity contribution in [3.05, 3.63) is 90.3 Å². The van der Waals surface area contributed by atoms with Crippen LogP contribution >= 0.6 is 0 Å². The van der Waals surface area contributed by atoms with Gasteiger partial charge in [0.05, 0.1) is 0 Å². The van der Waals surface area contributed by atoms with Gasteiger partial charge in [0.25, 0.3) is 5.91 Å². The van der Waals surface area contributed by atoms with Gasteiger partial charge in [-0.1, -0.05) is 24.3 Å². The molecule has 0 radical (unpaired) electrons. The van der Waals surface area contributed by atoms with E-state index in [-0.39, 0.29) is 12.0 Å². The third kappa shape index (κ3) is 5.92. The molecule has 1 saturated heterocycles. The Morgan fingerprint density at radius 2 is 1.59 bits per heavy atom. The van der Waals surface area contributed by atoms with Gasteiger partial charge in [0.1, 0.15) is 5.75 Å². The van der Waals surface area contributed by atoms with Crippen molar-refractivity contribution in [3.8, 4) is 5.75 Å². The number of carbonyl (C=O) groups excluding carboxylic acids is 2. The van der Waals surface area contributed by atoms with Gasteiger partial charge in [0, 0.05) is 62.3 Å². The highest BCUT2D eigenvalue weighted by Crippen LogP contribution is 2.18. The van der Waals surface area contributed by atoms with Crippen LogP contribution in [0.25, 0.3) is 0 Å². The van der Waals surface area contributed by atoms with Crippen LogP contribution in [0.5, 0.6) is 5.75 Å². The number of ether oxygens (including phenoxy) is 1. The van der Waals surface area contributed by atoms with Gasteiger partial charge in [-0.2, -0.15) is 0 Å². The van der Waals surface area contributed by atoms with Crippen molar-refractivity contribution in [2.24, 2.45) is 0 Å². The van der Waals surface area contributed by atoms with Crippen LogP contribution in [-0.4, -0.2) is 59.5 Å². The number of amides is 2. The summed E-state index contributed by atoms with van der Waals surface area (Å²) in [7, 11) is 0. The first-order valence-corrected chi connectivity index (χ1v) is 10.7. The van der Waals surface area contributed by atoms with E-state index in [2.05, 4.69) is 15.2 Å². The molecule has 3 aromatic rings. The van der Waals surface area contributed by atoms with Gasteiger partial charge in [-0.05, 0) is 48.5 Å². The second kappa shape index (κ2) is 10.5. The highest BCUT2D eigenvalue weighted by molar-refractivity contribution is 6.04. The number of anilines is 1. The lowest BCUT2D eigenvalue weighted by Crippen LogP contribution is -2.49. The highest BCUT2D eigenvalue weighted by atomic mass is 16.6. The normalized spacial score (nSPS) is 14.1. The first kappa shape index (κ1) is 21.5.